The maximum Gasteiger partial charge on any atom is 0.290 e. The molecule has 1 rings (SSSR count). The molecule has 3 N–H and O–H groups in total. The zero-order chi connectivity index (χ0) is 9.56. The smallest absolute Gasteiger partial charge is 0.290 e. The fraction of sp³-hybridized carbons (Fsp3) is 0.429. The highest BCUT2D eigenvalue weighted by Crippen LogP contribution is 2.03. The third-order valence-corrected chi connectivity index (χ3v) is 1.33. The zero-order valence-corrected chi connectivity index (χ0v) is 7.19. The van der Waals surface area contributed by atoms with Crippen molar-refractivity contribution in [3.05, 3.63) is 11.8 Å². The molecule has 0 aliphatic rings. The van der Waals surface area contributed by atoms with Crippen molar-refractivity contribution in [2.24, 2.45) is 7.05 Å². The van der Waals surface area contributed by atoms with Gasteiger partial charge in [-0.15, -0.1) is 0 Å². The summed E-state index contributed by atoms with van der Waals surface area (Å²) in [5.41, 5.74) is 6.57. The van der Waals surface area contributed by atoms with Crippen LogP contribution in [0.25, 0.3) is 0 Å². The van der Waals surface area contributed by atoms with E-state index in [2.05, 4.69) is 12.0 Å². The normalized spacial score (nSPS) is 8.50. The van der Waals surface area contributed by atoms with Gasteiger partial charge in [0.25, 0.3) is 6.47 Å². The number of rotatable bonds is 1. The summed E-state index contributed by atoms with van der Waals surface area (Å²) >= 11 is 0. The molecule has 1 heterocycles. The maximum atomic E-state index is 8.36. The first-order valence-corrected chi connectivity index (χ1v) is 3.52. The minimum absolute atomic E-state index is 0.250. The van der Waals surface area contributed by atoms with Crippen LogP contribution in [-0.2, 0) is 18.3 Å². The minimum Gasteiger partial charge on any atom is -0.483 e. The Morgan fingerprint density at radius 2 is 2.33 bits per heavy atom. The van der Waals surface area contributed by atoms with Crippen molar-refractivity contribution in [1.82, 2.24) is 9.78 Å². The van der Waals surface area contributed by atoms with Gasteiger partial charge < -0.3 is 10.8 Å². The number of nitrogens with zero attached hydrogens (tertiary/aromatic N) is 2. The Morgan fingerprint density at radius 1 is 1.83 bits per heavy atom. The van der Waals surface area contributed by atoms with Gasteiger partial charge >= 0.3 is 0 Å². The monoisotopic (exact) mass is 171 g/mol. The van der Waals surface area contributed by atoms with Crippen molar-refractivity contribution in [3.63, 3.8) is 0 Å². The van der Waals surface area contributed by atoms with Crippen molar-refractivity contribution in [2.75, 3.05) is 5.73 Å². The number of nitrogens with two attached hydrogens (primary N) is 1. The van der Waals surface area contributed by atoms with Crippen molar-refractivity contribution in [2.45, 2.75) is 13.3 Å². The van der Waals surface area contributed by atoms with Crippen molar-refractivity contribution < 1.29 is 9.90 Å². The van der Waals surface area contributed by atoms with Crippen LogP contribution in [0.4, 0.5) is 5.82 Å². The number of nitrogen functional groups attached to an aromatic ring is 1. The van der Waals surface area contributed by atoms with E-state index in [9.17, 15) is 0 Å². The molecule has 1 aromatic heterocycles. The van der Waals surface area contributed by atoms with E-state index in [4.69, 9.17) is 15.6 Å². The van der Waals surface area contributed by atoms with Crippen LogP contribution in [0, 0.1) is 0 Å². The molecule has 0 saturated heterocycles. The number of hydrogen-bond acceptors (Lipinski definition) is 3. The average molecular weight is 171 g/mol. The summed E-state index contributed by atoms with van der Waals surface area (Å²) in [4.78, 5) is 8.36. The van der Waals surface area contributed by atoms with E-state index in [0.717, 1.165) is 17.9 Å². The van der Waals surface area contributed by atoms with Crippen molar-refractivity contribution in [1.29, 1.82) is 0 Å². The van der Waals surface area contributed by atoms with Crippen molar-refractivity contribution in [3.8, 4) is 0 Å². The SMILES string of the molecule is CCc1cc(N)n(C)n1.O=CO. The van der Waals surface area contributed by atoms with E-state index in [0.29, 0.717) is 0 Å². The minimum atomic E-state index is -0.250. The Bertz CT molecular complexity index is 225. The van der Waals surface area contributed by atoms with Gasteiger partial charge in [0.2, 0.25) is 0 Å². The predicted molar refractivity (Wildman–Crippen MR) is 45.7 cm³/mol. The molecule has 0 spiro atoms. The van der Waals surface area contributed by atoms with Crippen molar-refractivity contribution >= 4 is 12.3 Å². The van der Waals surface area contributed by atoms with Gasteiger partial charge in [-0.1, -0.05) is 6.92 Å². The fourth-order valence-corrected chi connectivity index (χ4v) is 0.716. The molecule has 0 atom stereocenters. The first kappa shape index (κ1) is 10.5. The largest absolute Gasteiger partial charge is 0.483 e. The lowest BCUT2D eigenvalue weighted by molar-refractivity contribution is -0.122. The van der Waals surface area contributed by atoms with Crippen LogP contribution in [-0.4, -0.2) is 21.4 Å². The van der Waals surface area contributed by atoms with Crippen LogP contribution in [0.1, 0.15) is 12.6 Å². The first-order valence-electron chi connectivity index (χ1n) is 3.52. The standard InChI is InChI=1S/C6H11N3.CH2O2/c1-3-5-4-6(7)9(2)8-5;2-1-3/h4H,3,7H2,1-2H3;1H,(H,2,3). The summed E-state index contributed by atoms with van der Waals surface area (Å²) in [5, 5.41) is 11.0. The van der Waals surface area contributed by atoms with Crippen LogP contribution < -0.4 is 5.73 Å². The highest BCUT2D eigenvalue weighted by molar-refractivity contribution is 5.32. The van der Waals surface area contributed by atoms with Gasteiger partial charge in [-0.3, -0.25) is 9.48 Å². The molecule has 0 aromatic carbocycles. The number of aryl methyl sites for hydroxylation is 2. The molecule has 68 valence electrons. The molecule has 0 saturated carbocycles. The zero-order valence-electron chi connectivity index (χ0n) is 7.19. The van der Waals surface area contributed by atoms with Crippen LogP contribution in [0.3, 0.4) is 0 Å². The fourth-order valence-electron chi connectivity index (χ4n) is 0.716. The number of aromatic nitrogens is 2. The third kappa shape index (κ3) is 3.05. The molecule has 1 aromatic rings. The van der Waals surface area contributed by atoms with E-state index in [1.54, 1.807) is 4.68 Å². The maximum absolute atomic E-state index is 8.36. The quantitative estimate of drug-likeness (QED) is 0.594. The second-order valence-corrected chi connectivity index (χ2v) is 2.14. The van der Waals surface area contributed by atoms with Crippen LogP contribution >= 0.6 is 0 Å². The first-order chi connectivity index (χ1) is 5.65. The van der Waals surface area contributed by atoms with Crippen LogP contribution in [0.5, 0.6) is 0 Å². The summed E-state index contributed by atoms with van der Waals surface area (Å²) in [7, 11) is 1.84. The van der Waals surface area contributed by atoms with Gasteiger partial charge in [0, 0.05) is 13.1 Å². The van der Waals surface area contributed by atoms with E-state index >= 15 is 0 Å². The van der Waals surface area contributed by atoms with Crippen LogP contribution in [0.15, 0.2) is 6.07 Å². The summed E-state index contributed by atoms with van der Waals surface area (Å²) in [5.74, 6) is 0.729. The predicted octanol–water partition coefficient (Wildman–Crippen LogP) is 0.265. The summed E-state index contributed by atoms with van der Waals surface area (Å²) in [6.45, 7) is 1.81. The molecular formula is C7H13N3O2. The van der Waals surface area contributed by atoms with Gasteiger partial charge in [-0.2, -0.15) is 5.10 Å². The Hall–Kier alpha value is -1.52. The Labute approximate surface area is 70.8 Å². The van der Waals surface area contributed by atoms with Gasteiger partial charge in [-0.25, -0.2) is 0 Å². The summed E-state index contributed by atoms with van der Waals surface area (Å²) < 4.78 is 1.68. The second kappa shape index (κ2) is 5.17. The number of anilines is 1. The molecule has 0 aliphatic carbocycles. The Kier molecular flexibility index (Phi) is 4.52. The molecule has 5 nitrogen and oxygen atoms in total. The lowest BCUT2D eigenvalue weighted by Crippen LogP contribution is -1.96. The Balaban J connectivity index is 0.000000354. The van der Waals surface area contributed by atoms with Gasteiger partial charge in [-0.05, 0) is 6.42 Å². The van der Waals surface area contributed by atoms with E-state index < -0.39 is 0 Å². The topological polar surface area (TPSA) is 81.1 Å². The third-order valence-electron chi connectivity index (χ3n) is 1.33. The summed E-state index contributed by atoms with van der Waals surface area (Å²) in [6.07, 6.45) is 0.949. The summed E-state index contributed by atoms with van der Waals surface area (Å²) in [6, 6.07) is 1.89. The number of hydrogen-bond donors (Lipinski definition) is 2. The van der Waals surface area contributed by atoms with Gasteiger partial charge in [0.05, 0.1) is 5.69 Å². The molecule has 12 heavy (non-hydrogen) atoms. The van der Waals surface area contributed by atoms with Gasteiger partial charge in [0.15, 0.2) is 0 Å². The Morgan fingerprint density at radius 3 is 2.50 bits per heavy atom. The van der Waals surface area contributed by atoms with E-state index in [1.165, 1.54) is 0 Å². The number of carboxylic acid groups (broad SMARTS) is 1. The highest BCUT2D eigenvalue weighted by Gasteiger charge is 1.96. The molecular weight excluding hydrogens is 158 g/mol. The molecule has 0 bridgehead atoms. The molecule has 0 amide bonds. The second-order valence-electron chi connectivity index (χ2n) is 2.14. The highest BCUT2D eigenvalue weighted by atomic mass is 16.3. The van der Waals surface area contributed by atoms with E-state index in [1.807, 2.05) is 13.1 Å². The molecule has 0 unspecified atom stereocenters. The average Bonchev–Trinajstić information content (AvgIpc) is 2.33. The van der Waals surface area contributed by atoms with E-state index in [-0.39, 0.29) is 6.47 Å². The molecule has 0 radical (unpaired) electrons. The number of carbonyl (C=O) groups is 1. The molecule has 0 fully saturated rings. The molecule has 0 aliphatic heterocycles. The van der Waals surface area contributed by atoms with Gasteiger partial charge in [0.1, 0.15) is 5.82 Å². The lowest BCUT2D eigenvalue weighted by Gasteiger charge is -1.88. The van der Waals surface area contributed by atoms with Crippen LogP contribution in [0.2, 0.25) is 0 Å². The lowest BCUT2D eigenvalue weighted by atomic mass is 10.3. The molecule has 5 heteroatoms.